The highest BCUT2D eigenvalue weighted by Gasteiger charge is 2.19. The fraction of sp³-hybridized carbons (Fsp3) is 0.0500. The van der Waals surface area contributed by atoms with Crippen molar-refractivity contribution in [3.8, 4) is 17.1 Å². The summed E-state index contributed by atoms with van der Waals surface area (Å²) in [7, 11) is 0. The highest BCUT2D eigenvalue weighted by molar-refractivity contribution is 5.91. The van der Waals surface area contributed by atoms with Gasteiger partial charge in [0.25, 0.3) is 5.91 Å². The predicted octanol–water partition coefficient (Wildman–Crippen LogP) is 3.15. The Morgan fingerprint density at radius 1 is 1.11 bits per heavy atom. The maximum absolute atomic E-state index is 13.0. The molecule has 28 heavy (non-hydrogen) atoms. The molecule has 0 aliphatic carbocycles. The minimum Gasteiger partial charge on any atom is -0.478 e. The quantitative estimate of drug-likeness (QED) is 0.405. The van der Waals surface area contributed by atoms with Crippen molar-refractivity contribution in [3.05, 3.63) is 82.3 Å². The largest absolute Gasteiger partial charge is 0.478 e. The van der Waals surface area contributed by atoms with E-state index in [9.17, 15) is 9.59 Å². The molecule has 2 aromatic heterocycles. The molecule has 8 heteroatoms. The predicted molar refractivity (Wildman–Crippen MR) is 98.0 cm³/mol. The molecule has 0 bridgehead atoms. The van der Waals surface area contributed by atoms with Crippen LogP contribution in [-0.4, -0.2) is 16.3 Å². The average molecular weight is 378 g/mol. The normalized spacial score (nSPS) is 10.8. The van der Waals surface area contributed by atoms with Crippen molar-refractivity contribution in [2.75, 3.05) is 0 Å². The minimum atomic E-state index is -0.815. The monoisotopic (exact) mass is 378 g/mol. The molecule has 0 aliphatic rings. The number of ether oxygens (including phenoxy) is 1. The summed E-state index contributed by atoms with van der Waals surface area (Å²) in [6.45, 7) is -0.158. The van der Waals surface area contributed by atoms with Gasteiger partial charge in [-0.3, -0.25) is 14.8 Å². The van der Waals surface area contributed by atoms with Gasteiger partial charge in [0.2, 0.25) is 11.2 Å². The molecule has 8 nitrogen and oxygen atoms in total. The number of para-hydroxylation sites is 1. The molecule has 0 radical (unpaired) electrons. The fourth-order valence-corrected chi connectivity index (χ4v) is 2.72. The van der Waals surface area contributed by atoms with E-state index >= 15 is 0 Å². The molecule has 0 saturated carbocycles. The highest BCUT2D eigenvalue weighted by atomic mass is 16.5. The zero-order chi connectivity index (χ0) is 19.5. The lowest BCUT2D eigenvalue weighted by Gasteiger charge is -2.10. The smallest absolute Gasteiger partial charge is 0.296 e. The summed E-state index contributed by atoms with van der Waals surface area (Å²) in [5, 5.41) is 12.5. The van der Waals surface area contributed by atoms with Crippen molar-refractivity contribution in [2.24, 2.45) is 0 Å². The van der Waals surface area contributed by atoms with Gasteiger partial charge in [0, 0.05) is 11.6 Å². The first-order valence-corrected chi connectivity index (χ1v) is 8.31. The lowest BCUT2D eigenvalue weighted by Crippen LogP contribution is -2.18. The Morgan fingerprint density at radius 2 is 1.86 bits per heavy atom. The van der Waals surface area contributed by atoms with Gasteiger partial charge in [-0.2, -0.15) is 0 Å². The molecule has 2 heterocycles. The standard InChI is InChI=1S/C20H14N2O6/c23-17-14-8-4-5-9-16(14)27-18(12-6-2-1-3-7-12)19(17)26-11-13-10-15(22-28-13)20(24)21-25/h1-10,25H,11H2,(H,21,24). The van der Waals surface area contributed by atoms with Crippen LogP contribution in [0.25, 0.3) is 22.3 Å². The third-order valence-corrected chi connectivity index (χ3v) is 4.04. The maximum atomic E-state index is 13.0. The molecule has 0 unspecified atom stereocenters. The fourth-order valence-electron chi connectivity index (χ4n) is 2.72. The first-order chi connectivity index (χ1) is 13.7. The maximum Gasteiger partial charge on any atom is 0.296 e. The third-order valence-electron chi connectivity index (χ3n) is 4.04. The Hall–Kier alpha value is -3.91. The van der Waals surface area contributed by atoms with E-state index in [0.29, 0.717) is 16.5 Å². The van der Waals surface area contributed by atoms with Gasteiger partial charge in [-0.05, 0) is 12.1 Å². The highest BCUT2D eigenvalue weighted by Crippen LogP contribution is 2.31. The second kappa shape index (κ2) is 7.37. The molecule has 0 spiro atoms. The summed E-state index contributed by atoms with van der Waals surface area (Å²) < 4.78 is 16.7. The van der Waals surface area contributed by atoms with E-state index in [1.807, 2.05) is 18.2 Å². The summed E-state index contributed by atoms with van der Waals surface area (Å²) in [4.78, 5) is 24.3. The molecular weight excluding hydrogens is 364 g/mol. The number of carbonyl (C=O) groups is 1. The summed E-state index contributed by atoms with van der Waals surface area (Å²) >= 11 is 0. The van der Waals surface area contributed by atoms with Crippen LogP contribution in [0.3, 0.4) is 0 Å². The van der Waals surface area contributed by atoms with Crippen LogP contribution in [0.15, 0.2) is 74.4 Å². The summed E-state index contributed by atoms with van der Waals surface area (Å²) in [6, 6.07) is 17.3. The molecule has 2 N–H and O–H groups in total. The van der Waals surface area contributed by atoms with E-state index in [-0.39, 0.29) is 35.0 Å². The molecule has 0 aliphatic heterocycles. The first kappa shape index (κ1) is 17.5. The molecule has 4 rings (SSSR count). The van der Waals surface area contributed by atoms with E-state index in [4.69, 9.17) is 18.9 Å². The number of hydrogen-bond acceptors (Lipinski definition) is 7. The Bertz CT molecular complexity index is 1200. The minimum absolute atomic E-state index is 0.0226. The van der Waals surface area contributed by atoms with Crippen LogP contribution in [0.5, 0.6) is 5.75 Å². The number of hydroxylamine groups is 1. The number of benzene rings is 2. The topological polar surface area (TPSA) is 115 Å². The van der Waals surface area contributed by atoms with Crippen LogP contribution in [0, 0.1) is 0 Å². The summed E-state index contributed by atoms with van der Waals surface area (Å²) in [6.07, 6.45) is 0. The van der Waals surface area contributed by atoms with Crippen LogP contribution in [0.2, 0.25) is 0 Å². The van der Waals surface area contributed by atoms with E-state index in [1.165, 1.54) is 11.5 Å². The molecule has 1 amide bonds. The number of amides is 1. The Labute approximate surface area is 157 Å². The van der Waals surface area contributed by atoms with Crippen molar-refractivity contribution in [1.82, 2.24) is 10.6 Å². The van der Waals surface area contributed by atoms with Crippen molar-refractivity contribution in [1.29, 1.82) is 0 Å². The zero-order valence-electron chi connectivity index (χ0n) is 14.4. The van der Waals surface area contributed by atoms with Gasteiger partial charge < -0.3 is 13.7 Å². The van der Waals surface area contributed by atoms with Gasteiger partial charge in [-0.25, -0.2) is 5.48 Å². The number of hydrogen-bond donors (Lipinski definition) is 2. The molecular formula is C20H14N2O6. The van der Waals surface area contributed by atoms with Gasteiger partial charge in [-0.15, -0.1) is 0 Å². The number of carbonyl (C=O) groups excluding carboxylic acids is 1. The van der Waals surface area contributed by atoms with Crippen molar-refractivity contribution >= 4 is 16.9 Å². The number of fused-ring (bicyclic) bond motifs is 1. The van der Waals surface area contributed by atoms with Crippen LogP contribution in [0.1, 0.15) is 16.2 Å². The van der Waals surface area contributed by atoms with Crippen molar-refractivity contribution in [2.45, 2.75) is 6.61 Å². The number of rotatable bonds is 5. The first-order valence-electron chi connectivity index (χ1n) is 8.31. The second-order valence-corrected chi connectivity index (χ2v) is 5.86. The lowest BCUT2D eigenvalue weighted by atomic mass is 10.1. The van der Waals surface area contributed by atoms with Gasteiger partial charge in [-0.1, -0.05) is 47.6 Å². The van der Waals surface area contributed by atoms with E-state index < -0.39 is 5.91 Å². The van der Waals surface area contributed by atoms with Crippen LogP contribution < -0.4 is 15.6 Å². The number of nitrogens with one attached hydrogen (secondary N) is 1. The van der Waals surface area contributed by atoms with Gasteiger partial charge in [0.1, 0.15) is 12.2 Å². The Kier molecular flexibility index (Phi) is 4.61. The third kappa shape index (κ3) is 3.24. The van der Waals surface area contributed by atoms with Crippen LogP contribution in [-0.2, 0) is 6.61 Å². The average Bonchev–Trinajstić information content (AvgIpc) is 3.22. The lowest BCUT2D eigenvalue weighted by molar-refractivity contribution is 0.0696. The Balaban J connectivity index is 1.74. The second-order valence-electron chi connectivity index (χ2n) is 5.86. The van der Waals surface area contributed by atoms with Crippen LogP contribution >= 0.6 is 0 Å². The van der Waals surface area contributed by atoms with E-state index in [2.05, 4.69) is 5.16 Å². The number of nitrogens with zero attached hydrogens (tertiary/aromatic N) is 1. The van der Waals surface area contributed by atoms with E-state index in [0.717, 1.165) is 0 Å². The van der Waals surface area contributed by atoms with Crippen molar-refractivity contribution < 1.29 is 23.7 Å². The summed E-state index contributed by atoms with van der Waals surface area (Å²) in [5.41, 5.74) is 2.14. The zero-order valence-corrected chi connectivity index (χ0v) is 14.4. The molecule has 0 saturated heterocycles. The molecule has 2 aromatic carbocycles. The molecule has 0 fully saturated rings. The van der Waals surface area contributed by atoms with Crippen LogP contribution in [0.4, 0.5) is 0 Å². The number of aromatic nitrogens is 1. The molecule has 4 aromatic rings. The SMILES string of the molecule is O=C(NO)c1cc(COc2c(-c3ccccc3)oc3ccccc3c2=O)on1. The molecule has 0 atom stereocenters. The van der Waals surface area contributed by atoms with E-state index in [1.54, 1.807) is 36.4 Å². The van der Waals surface area contributed by atoms with Gasteiger partial charge in [0.05, 0.1) is 5.39 Å². The summed E-state index contributed by atoms with van der Waals surface area (Å²) in [5.74, 6) is -0.304. The van der Waals surface area contributed by atoms with Gasteiger partial charge in [0.15, 0.2) is 17.2 Å². The molecule has 140 valence electrons. The van der Waals surface area contributed by atoms with Gasteiger partial charge >= 0.3 is 0 Å². The Morgan fingerprint density at radius 3 is 2.64 bits per heavy atom. The van der Waals surface area contributed by atoms with Crippen molar-refractivity contribution in [3.63, 3.8) is 0 Å².